The Morgan fingerprint density at radius 3 is 2.72 bits per heavy atom. The molecule has 0 radical (unpaired) electrons. The second-order valence-electron chi connectivity index (χ2n) is 6.87. The third kappa shape index (κ3) is 6.65. The molecule has 3 heterocycles. The highest BCUT2D eigenvalue weighted by molar-refractivity contribution is 7.99. The number of rotatable bonds is 6. The molecule has 11 heteroatoms. The summed E-state index contributed by atoms with van der Waals surface area (Å²) < 4.78 is 50.0. The molecular weight excluding hydrogens is 411 g/mol. The summed E-state index contributed by atoms with van der Waals surface area (Å²) in [4.78, 5) is 17.9. The molecule has 7 nitrogen and oxygen atoms in total. The highest BCUT2D eigenvalue weighted by Gasteiger charge is 2.35. The number of thioether (sulfide) groups is 1. The molecule has 2 fully saturated rings. The molecule has 162 valence electrons. The summed E-state index contributed by atoms with van der Waals surface area (Å²) in [5, 5.41) is 9.33. The zero-order valence-electron chi connectivity index (χ0n) is 15.9. The highest BCUT2D eigenvalue weighted by Crippen LogP contribution is 2.28. The number of carbonyl (C=O) groups is 1. The molecule has 2 aliphatic heterocycles. The first-order chi connectivity index (χ1) is 13.8. The van der Waals surface area contributed by atoms with E-state index in [1.54, 1.807) is 17.8 Å². The molecule has 0 spiro atoms. The normalized spacial score (nSPS) is 20.5. The number of carboxylic acid groups (broad SMARTS) is 1. The lowest BCUT2D eigenvalue weighted by atomic mass is 10.2. The summed E-state index contributed by atoms with van der Waals surface area (Å²) >= 11 is 1.80. The number of halogens is 3. The molecule has 2 saturated heterocycles. The molecule has 29 heavy (non-hydrogen) atoms. The molecular formula is C18H24F3N3O4S. The van der Waals surface area contributed by atoms with E-state index in [0.717, 1.165) is 43.9 Å². The largest absolute Gasteiger partial charge is 0.465 e. The average Bonchev–Trinajstić information content (AvgIpc) is 2.71. The van der Waals surface area contributed by atoms with Crippen LogP contribution in [0.5, 0.6) is 0 Å². The van der Waals surface area contributed by atoms with Crippen LogP contribution in [0.2, 0.25) is 0 Å². The van der Waals surface area contributed by atoms with Gasteiger partial charge in [-0.1, -0.05) is 0 Å². The number of ether oxygens (including phenoxy) is 2. The number of anilines is 2. The number of alkyl halides is 3. The van der Waals surface area contributed by atoms with E-state index in [1.807, 2.05) is 4.90 Å². The van der Waals surface area contributed by atoms with Gasteiger partial charge in [-0.2, -0.15) is 24.9 Å². The van der Waals surface area contributed by atoms with Crippen molar-refractivity contribution < 1.29 is 32.5 Å². The predicted molar refractivity (Wildman–Crippen MR) is 104 cm³/mol. The van der Waals surface area contributed by atoms with E-state index in [-0.39, 0.29) is 23.6 Å². The van der Waals surface area contributed by atoms with Crippen LogP contribution in [0.15, 0.2) is 12.1 Å². The zero-order valence-corrected chi connectivity index (χ0v) is 16.7. The second-order valence-corrected chi connectivity index (χ2v) is 8.09. The number of nitrogens with zero attached hydrogens (tertiary/aromatic N) is 3. The molecule has 1 atom stereocenters. The minimum Gasteiger partial charge on any atom is -0.465 e. The van der Waals surface area contributed by atoms with Crippen LogP contribution < -0.4 is 9.80 Å². The fourth-order valence-corrected chi connectivity index (χ4v) is 4.12. The van der Waals surface area contributed by atoms with Gasteiger partial charge in [0.05, 0.1) is 12.3 Å². The van der Waals surface area contributed by atoms with Crippen molar-refractivity contribution in [2.24, 2.45) is 0 Å². The Morgan fingerprint density at radius 2 is 2.10 bits per heavy atom. The van der Waals surface area contributed by atoms with Gasteiger partial charge in [0.2, 0.25) is 0 Å². The summed E-state index contributed by atoms with van der Waals surface area (Å²) in [5.74, 6) is 1.53. The van der Waals surface area contributed by atoms with Crippen LogP contribution in [0, 0.1) is 0 Å². The van der Waals surface area contributed by atoms with Gasteiger partial charge in [0.25, 0.3) is 0 Å². The molecule has 3 rings (SSSR count). The van der Waals surface area contributed by atoms with Gasteiger partial charge < -0.3 is 19.5 Å². The maximum atomic E-state index is 12.9. The third-order valence-electron chi connectivity index (χ3n) is 4.63. The van der Waals surface area contributed by atoms with E-state index in [0.29, 0.717) is 18.0 Å². The Morgan fingerprint density at radius 1 is 1.34 bits per heavy atom. The first-order valence-corrected chi connectivity index (χ1v) is 10.6. The fourth-order valence-electron chi connectivity index (χ4n) is 3.22. The van der Waals surface area contributed by atoms with Crippen LogP contribution >= 0.6 is 11.8 Å². The smallest absolute Gasteiger partial charge is 0.413 e. The molecule has 1 unspecified atom stereocenters. The summed E-state index contributed by atoms with van der Waals surface area (Å²) in [7, 11) is 0. The van der Waals surface area contributed by atoms with Crippen molar-refractivity contribution in [3.8, 4) is 0 Å². The van der Waals surface area contributed by atoms with Gasteiger partial charge in [0.15, 0.2) is 6.29 Å². The van der Waals surface area contributed by atoms with E-state index in [4.69, 9.17) is 9.47 Å². The second kappa shape index (κ2) is 9.86. The quantitative estimate of drug-likeness (QED) is 0.730. The number of aromatic nitrogens is 1. The van der Waals surface area contributed by atoms with Gasteiger partial charge in [-0.05, 0) is 25.3 Å². The SMILES string of the molecule is O=C(O)N(CC(F)(F)F)c1cc(N2CCSCC2)cc(COC2CCCCO2)n1. The molecule has 1 aromatic heterocycles. The molecule has 0 bridgehead atoms. The summed E-state index contributed by atoms with van der Waals surface area (Å²) in [6.07, 6.45) is -4.07. The monoisotopic (exact) mass is 435 g/mol. The van der Waals surface area contributed by atoms with Crippen LogP contribution in [0.3, 0.4) is 0 Å². The molecule has 1 N–H and O–H groups in total. The first-order valence-electron chi connectivity index (χ1n) is 9.46. The first kappa shape index (κ1) is 22.0. The maximum absolute atomic E-state index is 12.9. The Balaban J connectivity index is 1.85. The van der Waals surface area contributed by atoms with Crippen molar-refractivity contribution in [3.63, 3.8) is 0 Å². The highest BCUT2D eigenvalue weighted by atomic mass is 32.2. The van der Waals surface area contributed by atoms with Gasteiger partial charge in [0, 0.05) is 43.0 Å². The number of amides is 1. The molecule has 1 amide bonds. The molecule has 1 aromatic rings. The van der Waals surface area contributed by atoms with Crippen LogP contribution in [0.4, 0.5) is 29.5 Å². The van der Waals surface area contributed by atoms with Crippen molar-refractivity contribution in [1.29, 1.82) is 0 Å². The third-order valence-corrected chi connectivity index (χ3v) is 5.57. The van der Waals surface area contributed by atoms with Crippen molar-refractivity contribution in [1.82, 2.24) is 4.98 Å². The average molecular weight is 435 g/mol. The van der Waals surface area contributed by atoms with Gasteiger partial charge in [-0.3, -0.25) is 4.90 Å². The Kier molecular flexibility index (Phi) is 7.47. The van der Waals surface area contributed by atoms with Crippen LogP contribution in [-0.4, -0.2) is 66.4 Å². The van der Waals surface area contributed by atoms with Crippen LogP contribution in [0.25, 0.3) is 0 Å². The van der Waals surface area contributed by atoms with Gasteiger partial charge in [0.1, 0.15) is 12.4 Å². The predicted octanol–water partition coefficient (Wildman–Crippen LogP) is 3.72. The van der Waals surface area contributed by atoms with E-state index in [2.05, 4.69) is 4.98 Å². The minimum atomic E-state index is -4.68. The standard InChI is InChI=1S/C18H24F3N3O4S/c19-18(20,21)12-24(17(25)26)15-10-14(23-4-7-29-8-5-23)9-13(22-15)11-28-16-3-1-2-6-27-16/h9-10,16H,1-8,11-12H2,(H,25,26). The van der Waals surface area contributed by atoms with Crippen LogP contribution in [-0.2, 0) is 16.1 Å². The van der Waals surface area contributed by atoms with Crippen LogP contribution in [0.1, 0.15) is 25.0 Å². The van der Waals surface area contributed by atoms with Crippen molar-refractivity contribution in [2.45, 2.75) is 38.3 Å². The Hall–Kier alpha value is -1.72. The van der Waals surface area contributed by atoms with Crippen molar-refractivity contribution >= 4 is 29.4 Å². The Labute approximate surface area is 171 Å². The topological polar surface area (TPSA) is 75.1 Å². The van der Waals surface area contributed by atoms with E-state index >= 15 is 0 Å². The molecule has 0 saturated carbocycles. The lowest BCUT2D eigenvalue weighted by molar-refractivity contribution is -0.169. The van der Waals surface area contributed by atoms with Gasteiger partial charge in [-0.25, -0.2) is 9.78 Å². The maximum Gasteiger partial charge on any atom is 0.413 e. The Bertz CT molecular complexity index is 695. The van der Waals surface area contributed by atoms with E-state index in [1.165, 1.54) is 6.07 Å². The molecule has 0 aromatic carbocycles. The number of pyridine rings is 1. The summed E-state index contributed by atoms with van der Waals surface area (Å²) in [6, 6.07) is 3.15. The van der Waals surface area contributed by atoms with Gasteiger partial charge in [-0.15, -0.1) is 0 Å². The number of hydrogen-bond acceptors (Lipinski definition) is 6. The van der Waals surface area contributed by atoms with Crippen molar-refractivity contribution in [3.05, 3.63) is 17.8 Å². The summed E-state index contributed by atoms with van der Waals surface area (Å²) in [5.41, 5.74) is 1.02. The lowest BCUT2D eigenvalue weighted by Gasteiger charge is -2.30. The van der Waals surface area contributed by atoms with E-state index in [9.17, 15) is 23.1 Å². The summed E-state index contributed by atoms with van der Waals surface area (Å²) in [6.45, 7) is 0.473. The number of hydrogen-bond donors (Lipinski definition) is 1. The van der Waals surface area contributed by atoms with Gasteiger partial charge >= 0.3 is 12.3 Å². The van der Waals surface area contributed by atoms with Crippen molar-refractivity contribution in [2.75, 3.05) is 47.5 Å². The lowest BCUT2D eigenvalue weighted by Crippen LogP contribution is -2.39. The molecule has 0 aliphatic carbocycles. The molecule has 2 aliphatic rings. The van der Waals surface area contributed by atoms with E-state index < -0.39 is 18.8 Å². The fraction of sp³-hybridized carbons (Fsp3) is 0.667. The zero-order chi connectivity index (χ0) is 20.9. The minimum absolute atomic E-state index is 0.0353.